The van der Waals surface area contributed by atoms with E-state index >= 15 is 0 Å². The van der Waals surface area contributed by atoms with Crippen molar-refractivity contribution in [2.24, 2.45) is 0 Å². The van der Waals surface area contributed by atoms with Gasteiger partial charge in [0.25, 0.3) is 5.91 Å². The van der Waals surface area contributed by atoms with Crippen LogP contribution in [0.15, 0.2) is 6.20 Å². The zero-order chi connectivity index (χ0) is 14.9. The Labute approximate surface area is 118 Å². The van der Waals surface area contributed by atoms with Crippen LogP contribution in [-0.4, -0.2) is 57.1 Å². The van der Waals surface area contributed by atoms with Crippen molar-refractivity contribution in [3.8, 4) is 0 Å². The minimum absolute atomic E-state index is 0.119. The Hall–Kier alpha value is -1.60. The van der Waals surface area contributed by atoms with Gasteiger partial charge in [-0.15, -0.1) is 0 Å². The molecule has 1 atom stereocenters. The van der Waals surface area contributed by atoms with Crippen LogP contribution in [0, 0.1) is 0 Å². The lowest BCUT2D eigenvalue weighted by Crippen LogP contribution is -2.55. The highest BCUT2D eigenvalue weighted by molar-refractivity contribution is 5.97. The summed E-state index contributed by atoms with van der Waals surface area (Å²) in [7, 11) is 0. The maximum Gasteiger partial charge on any atom is 0.276 e. The number of amides is 1. The zero-order valence-corrected chi connectivity index (χ0v) is 12.2. The number of morpholine rings is 1. The molecule has 2 heterocycles. The maximum absolute atomic E-state index is 12.5. The third kappa shape index (κ3) is 2.94. The van der Waals surface area contributed by atoms with Gasteiger partial charge in [-0.05, 0) is 20.8 Å². The van der Waals surface area contributed by atoms with E-state index in [0.29, 0.717) is 25.3 Å². The first kappa shape index (κ1) is 14.8. The van der Waals surface area contributed by atoms with Crippen LogP contribution < -0.4 is 5.73 Å². The number of nitrogen functional groups attached to an aromatic ring is 1. The summed E-state index contributed by atoms with van der Waals surface area (Å²) in [5.74, 6) is -0.218. The van der Waals surface area contributed by atoms with Crippen LogP contribution in [0.4, 0.5) is 5.69 Å². The number of aromatic nitrogens is 2. The number of aliphatic hydroxyl groups is 1. The van der Waals surface area contributed by atoms with Crippen LogP contribution in [0.1, 0.15) is 31.3 Å². The number of carbonyl (C=O) groups excluding carboxylic acids is 1. The lowest BCUT2D eigenvalue weighted by molar-refractivity contribution is -0.139. The Bertz CT molecular complexity index is 498. The van der Waals surface area contributed by atoms with E-state index in [9.17, 15) is 9.90 Å². The first-order chi connectivity index (χ1) is 9.36. The van der Waals surface area contributed by atoms with Crippen LogP contribution in [0.5, 0.6) is 0 Å². The molecule has 3 N–H and O–H groups in total. The smallest absolute Gasteiger partial charge is 0.276 e. The summed E-state index contributed by atoms with van der Waals surface area (Å²) in [6.45, 7) is 7.04. The van der Waals surface area contributed by atoms with Crippen LogP contribution in [0.25, 0.3) is 0 Å². The molecule has 7 nitrogen and oxygen atoms in total. The SMILES string of the molecule is CCn1cc(N)c(C(=O)N2CC(CO)OC(C)(C)C2)n1. The van der Waals surface area contributed by atoms with Crippen LogP contribution in [0.3, 0.4) is 0 Å². The summed E-state index contributed by atoms with van der Waals surface area (Å²) in [5, 5.41) is 13.5. The molecule has 1 aliphatic heterocycles. The first-order valence-corrected chi connectivity index (χ1v) is 6.77. The molecule has 1 fully saturated rings. The fourth-order valence-electron chi connectivity index (χ4n) is 2.46. The molecule has 1 aromatic heterocycles. The average Bonchev–Trinajstić information content (AvgIpc) is 2.77. The molecule has 20 heavy (non-hydrogen) atoms. The summed E-state index contributed by atoms with van der Waals surface area (Å²) in [4.78, 5) is 14.2. The topological polar surface area (TPSA) is 93.6 Å². The number of aliphatic hydroxyl groups excluding tert-OH is 1. The van der Waals surface area contributed by atoms with Gasteiger partial charge in [0, 0.05) is 25.8 Å². The van der Waals surface area contributed by atoms with Gasteiger partial charge < -0.3 is 20.5 Å². The predicted octanol–water partition coefficient (Wildman–Crippen LogP) is 0.0971. The molecule has 0 bridgehead atoms. The number of carbonyl (C=O) groups is 1. The second-order valence-corrected chi connectivity index (χ2v) is 5.66. The average molecular weight is 282 g/mol. The molecule has 7 heteroatoms. The third-order valence-electron chi connectivity index (χ3n) is 3.29. The number of hydrogen-bond acceptors (Lipinski definition) is 5. The summed E-state index contributed by atoms with van der Waals surface area (Å²) < 4.78 is 7.33. The van der Waals surface area contributed by atoms with E-state index in [-0.39, 0.29) is 24.3 Å². The zero-order valence-electron chi connectivity index (χ0n) is 12.2. The molecular formula is C13H22N4O3. The lowest BCUT2D eigenvalue weighted by Gasteiger charge is -2.42. The maximum atomic E-state index is 12.5. The van der Waals surface area contributed by atoms with Crippen molar-refractivity contribution in [2.45, 2.75) is 39.0 Å². The Morgan fingerprint density at radius 3 is 2.90 bits per heavy atom. The molecule has 112 valence electrons. The van der Waals surface area contributed by atoms with Gasteiger partial charge in [0.15, 0.2) is 5.69 Å². The highest BCUT2D eigenvalue weighted by Gasteiger charge is 2.36. The van der Waals surface area contributed by atoms with Crippen molar-refractivity contribution in [3.63, 3.8) is 0 Å². The number of aryl methyl sites for hydroxylation is 1. The van der Waals surface area contributed by atoms with Crippen LogP contribution >= 0.6 is 0 Å². The molecule has 0 radical (unpaired) electrons. The minimum atomic E-state index is -0.497. The molecule has 1 amide bonds. The molecule has 1 saturated heterocycles. The standard InChI is InChI=1S/C13H22N4O3/c1-4-17-6-10(14)11(15-17)12(19)16-5-9(7-18)20-13(2,3)8-16/h6,9,18H,4-5,7-8,14H2,1-3H3. The number of ether oxygens (including phenoxy) is 1. The Kier molecular flexibility index (Phi) is 4.01. The van der Waals surface area contributed by atoms with Crippen molar-refractivity contribution in [1.29, 1.82) is 0 Å². The Morgan fingerprint density at radius 1 is 1.65 bits per heavy atom. The Balaban J connectivity index is 2.21. The van der Waals surface area contributed by atoms with E-state index < -0.39 is 5.60 Å². The van der Waals surface area contributed by atoms with Gasteiger partial charge in [-0.2, -0.15) is 5.10 Å². The monoisotopic (exact) mass is 282 g/mol. The van der Waals surface area contributed by atoms with Gasteiger partial charge in [-0.3, -0.25) is 9.48 Å². The predicted molar refractivity (Wildman–Crippen MR) is 74.3 cm³/mol. The van der Waals surface area contributed by atoms with Crippen LogP contribution in [-0.2, 0) is 11.3 Å². The molecule has 0 aliphatic carbocycles. The molecule has 1 unspecified atom stereocenters. The number of nitrogens with two attached hydrogens (primary N) is 1. The molecule has 0 aromatic carbocycles. The van der Waals surface area contributed by atoms with E-state index in [0.717, 1.165) is 0 Å². The second-order valence-electron chi connectivity index (χ2n) is 5.66. The number of hydrogen-bond donors (Lipinski definition) is 2. The largest absolute Gasteiger partial charge is 0.396 e. The van der Waals surface area contributed by atoms with Crippen molar-refractivity contribution in [2.75, 3.05) is 25.4 Å². The number of anilines is 1. The Morgan fingerprint density at radius 2 is 2.35 bits per heavy atom. The normalized spacial score (nSPS) is 22.0. The van der Waals surface area contributed by atoms with Gasteiger partial charge in [0.2, 0.25) is 0 Å². The van der Waals surface area contributed by atoms with Crippen molar-refractivity contribution in [3.05, 3.63) is 11.9 Å². The van der Waals surface area contributed by atoms with Gasteiger partial charge in [-0.1, -0.05) is 0 Å². The highest BCUT2D eigenvalue weighted by atomic mass is 16.5. The summed E-state index contributed by atoms with van der Waals surface area (Å²) >= 11 is 0. The number of rotatable bonds is 3. The summed E-state index contributed by atoms with van der Waals surface area (Å²) in [6.07, 6.45) is 1.28. The highest BCUT2D eigenvalue weighted by Crippen LogP contribution is 2.23. The van der Waals surface area contributed by atoms with Crippen molar-refractivity contribution in [1.82, 2.24) is 14.7 Å². The van der Waals surface area contributed by atoms with E-state index in [1.807, 2.05) is 20.8 Å². The van der Waals surface area contributed by atoms with Crippen LogP contribution in [0.2, 0.25) is 0 Å². The van der Waals surface area contributed by atoms with E-state index in [1.54, 1.807) is 15.8 Å². The van der Waals surface area contributed by atoms with Gasteiger partial charge in [0.05, 0.1) is 24.0 Å². The van der Waals surface area contributed by atoms with Gasteiger partial charge in [0.1, 0.15) is 0 Å². The number of nitrogens with zero attached hydrogens (tertiary/aromatic N) is 3. The molecule has 0 spiro atoms. The minimum Gasteiger partial charge on any atom is -0.396 e. The van der Waals surface area contributed by atoms with Gasteiger partial charge in [-0.25, -0.2) is 0 Å². The molecule has 2 rings (SSSR count). The van der Waals surface area contributed by atoms with Crippen molar-refractivity contribution >= 4 is 11.6 Å². The lowest BCUT2D eigenvalue weighted by atomic mass is 10.0. The molecule has 0 saturated carbocycles. The fraction of sp³-hybridized carbons (Fsp3) is 0.692. The van der Waals surface area contributed by atoms with E-state index in [1.165, 1.54) is 0 Å². The first-order valence-electron chi connectivity index (χ1n) is 6.77. The molecular weight excluding hydrogens is 260 g/mol. The molecule has 1 aromatic rings. The second kappa shape index (κ2) is 5.41. The summed E-state index contributed by atoms with van der Waals surface area (Å²) in [5.41, 5.74) is 5.99. The van der Waals surface area contributed by atoms with E-state index in [2.05, 4.69) is 5.10 Å². The fourth-order valence-corrected chi connectivity index (χ4v) is 2.46. The molecule has 1 aliphatic rings. The summed E-state index contributed by atoms with van der Waals surface area (Å²) in [6, 6.07) is 0. The van der Waals surface area contributed by atoms with Gasteiger partial charge >= 0.3 is 0 Å². The van der Waals surface area contributed by atoms with Crippen molar-refractivity contribution < 1.29 is 14.6 Å². The van der Waals surface area contributed by atoms with E-state index in [4.69, 9.17) is 10.5 Å². The third-order valence-corrected chi connectivity index (χ3v) is 3.29. The quantitative estimate of drug-likeness (QED) is 0.820.